The number of nitrogens with zero attached hydrogens (tertiary/aromatic N) is 3. The van der Waals surface area contributed by atoms with E-state index in [9.17, 15) is 9.59 Å². The first-order valence-corrected chi connectivity index (χ1v) is 14.1. The number of para-hydroxylation sites is 2. The molecule has 5 atom stereocenters. The fourth-order valence-corrected chi connectivity index (χ4v) is 8.08. The molecular weight excluding hydrogens is 452 g/mol. The quantitative estimate of drug-likeness (QED) is 0.478. The lowest BCUT2D eigenvalue weighted by Gasteiger charge is -2.48. The minimum Gasteiger partial charge on any atom is -0.461 e. The lowest BCUT2D eigenvalue weighted by molar-refractivity contribution is -0.135. The van der Waals surface area contributed by atoms with E-state index in [1.165, 1.54) is 57.8 Å². The van der Waals surface area contributed by atoms with Crippen molar-refractivity contribution >= 4 is 22.7 Å². The van der Waals surface area contributed by atoms with Crippen LogP contribution in [0.2, 0.25) is 0 Å². The van der Waals surface area contributed by atoms with Crippen LogP contribution in [0, 0.1) is 17.2 Å². The van der Waals surface area contributed by atoms with Crippen molar-refractivity contribution < 1.29 is 9.53 Å². The number of fused-ring (bicyclic) bond motifs is 5. The fourth-order valence-electron chi connectivity index (χ4n) is 8.08. The lowest BCUT2D eigenvalue weighted by atomic mass is 9.76. The molecule has 2 aromatic rings. The zero-order valence-electron chi connectivity index (χ0n) is 21.3. The van der Waals surface area contributed by atoms with Gasteiger partial charge in [0.25, 0.3) is 5.56 Å². The molecule has 3 heterocycles. The second-order valence-corrected chi connectivity index (χ2v) is 11.6. The Bertz CT molecular complexity index is 1190. The van der Waals surface area contributed by atoms with Gasteiger partial charge >= 0.3 is 5.97 Å². The average Bonchev–Trinajstić information content (AvgIpc) is 3.03. The molecule has 192 valence electrons. The highest BCUT2D eigenvalue weighted by Gasteiger charge is 2.47. The second kappa shape index (κ2) is 9.73. The van der Waals surface area contributed by atoms with Crippen LogP contribution in [0.5, 0.6) is 0 Å². The smallest absolute Gasteiger partial charge is 0.358 e. The second-order valence-electron chi connectivity index (χ2n) is 11.6. The monoisotopic (exact) mass is 490 g/mol. The maximum Gasteiger partial charge on any atom is 0.358 e. The molecule has 7 nitrogen and oxygen atoms in total. The Morgan fingerprint density at radius 1 is 0.944 bits per heavy atom. The van der Waals surface area contributed by atoms with Crippen molar-refractivity contribution in [2.24, 2.45) is 11.8 Å². The predicted molar refractivity (Wildman–Crippen MR) is 139 cm³/mol. The first kappa shape index (κ1) is 23.8. The minimum absolute atomic E-state index is 0.0544. The number of aromatic nitrogens is 2. The maximum atomic E-state index is 13.8. The van der Waals surface area contributed by atoms with Gasteiger partial charge in [-0.3, -0.25) is 15.1 Å². The van der Waals surface area contributed by atoms with Gasteiger partial charge in [-0.05, 0) is 75.8 Å². The van der Waals surface area contributed by atoms with Crippen molar-refractivity contribution in [3.63, 3.8) is 0 Å². The fraction of sp³-hybridized carbons (Fsp3) is 0.655. The van der Waals surface area contributed by atoms with Crippen LogP contribution in [0.25, 0.3) is 11.0 Å². The highest BCUT2D eigenvalue weighted by atomic mass is 16.5. The molecule has 7 heteroatoms. The zero-order chi connectivity index (χ0) is 24.8. The van der Waals surface area contributed by atoms with Crippen molar-refractivity contribution in [1.29, 1.82) is 5.41 Å². The van der Waals surface area contributed by atoms with Crippen molar-refractivity contribution in [3.05, 3.63) is 40.3 Å². The molecule has 0 spiro atoms. The van der Waals surface area contributed by atoms with Crippen LogP contribution in [-0.4, -0.2) is 50.9 Å². The molecule has 2 saturated carbocycles. The maximum absolute atomic E-state index is 13.8. The van der Waals surface area contributed by atoms with Gasteiger partial charge in [-0.2, -0.15) is 0 Å². The van der Waals surface area contributed by atoms with Crippen LogP contribution in [0.15, 0.2) is 29.1 Å². The van der Waals surface area contributed by atoms with E-state index in [2.05, 4.69) is 9.88 Å². The number of ether oxygens (including phenoxy) is 1. The van der Waals surface area contributed by atoms with E-state index < -0.39 is 11.7 Å². The number of hydrogen-bond acceptors (Lipinski definition) is 6. The number of piperidine rings is 1. The highest BCUT2D eigenvalue weighted by molar-refractivity contribution is 6.41. The summed E-state index contributed by atoms with van der Waals surface area (Å²) < 4.78 is 6.87. The Labute approximate surface area is 212 Å². The number of esters is 1. The normalized spacial score (nSPS) is 32.2. The number of benzene rings is 1. The molecule has 1 aromatic heterocycles. The minimum atomic E-state index is -0.794. The van der Waals surface area contributed by atoms with Crippen molar-refractivity contribution in [1.82, 2.24) is 14.5 Å². The summed E-state index contributed by atoms with van der Waals surface area (Å²) in [6.07, 6.45) is 14.1. The van der Waals surface area contributed by atoms with E-state index in [-0.39, 0.29) is 23.9 Å². The van der Waals surface area contributed by atoms with E-state index in [1.807, 2.05) is 28.8 Å². The molecule has 2 aliphatic carbocycles. The third-order valence-electron chi connectivity index (χ3n) is 9.41. The molecule has 4 aliphatic rings. The number of carbonyl (C=O) groups excluding carboxylic acids is 1. The molecule has 6 rings (SSSR count). The molecule has 4 bridgehead atoms. The highest BCUT2D eigenvalue weighted by Crippen LogP contribution is 2.47. The number of carbonyl (C=O) groups is 1. The first-order valence-electron chi connectivity index (χ1n) is 14.1. The zero-order valence-corrected chi connectivity index (χ0v) is 21.3. The molecule has 1 N–H and O–H groups in total. The first-order chi connectivity index (χ1) is 17.5. The summed E-state index contributed by atoms with van der Waals surface area (Å²) >= 11 is 0. The Balaban J connectivity index is 1.31. The summed E-state index contributed by atoms with van der Waals surface area (Å²) in [7, 11) is 0. The Hall–Kier alpha value is -2.54. The standard InChI is InChI=1S/C29H38N4O3/c1-2-36-29(35)26(30)27-28(34)33(25-10-6-5-9-24(25)31-27)23-16-20-11-12-21(17-23)32(20)22-14-18-7-3-4-8-19(13-18)15-22/h5-6,9-10,18-23,30H,2-4,7-8,11-17H2,1H3/t18?,19?,20-,21+,22?,23?. The van der Waals surface area contributed by atoms with Crippen molar-refractivity contribution in [3.8, 4) is 0 Å². The van der Waals surface area contributed by atoms with Crippen molar-refractivity contribution in [2.75, 3.05) is 6.61 Å². The summed E-state index contributed by atoms with van der Waals surface area (Å²) in [6, 6.07) is 9.39. The van der Waals surface area contributed by atoms with Gasteiger partial charge < -0.3 is 9.30 Å². The number of nitrogens with one attached hydrogen (secondary N) is 1. The number of rotatable bonds is 5. The average molecular weight is 491 g/mol. The molecule has 1 aromatic carbocycles. The van der Waals surface area contributed by atoms with E-state index in [1.54, 1.807) is 6.92 Å². The van der Waals surface area contributed by atoms with Crippen LogP contribution in [0.3, 0.4) is 0 Å². The van der Waals surface area contributed by atoms with E-state index >= 15 is 0 Å². The summed E-state index contributed by atoms with van der Waals surface area (Å²) in [5.74, 6) is 1.01. The summed E-state index contributed by atoms with van der Waals surface area (Å²) in [5, 5.41) is 8.34. The summed E-state index contributed by atoms with van der Waals surface area (Å²) in [4.78, 5) is 33.4. The van der Waals surface area contributed by atoms with Crippen LogP contribution in [0.1, 0.15) is 89.3 Å². The Morgan fingerprint density at radius 2 is 1.61 bits per heavy atom. The Kier molecular flexibility index (Phi) is 6.44. The van der Waals surface area contributed by atoms with Gasteiger partial charge in [-0.25, -0.2) is 9.78 Å². The van der Waals surface area contributed by atoms with E-state index in [0.717, 1.165) is 30.2 Å². The number of hydrogen-bond donors (Lipinski definition) is 1. The van der Waals surface area contributed by atoms with Crippen molar-refractivity contribution in [2.45, 2.75) is 102 Å². The molecule has 2 saturated heterocycles. The molecule has 4 fully saturated rings. The third kappa shape index (κ3) is 4.19. The van der Waals surface area contributed by atoms with Gasteiger partial charge in [0.05, 0.1) is 17.6 Å². The molecule has 3 unspecified atom stereocenters. The Morgan fingerprint density at radius 3 is 2.28 bits per heavy atom. The van der Waals surface area contributed by atoms with Gasteiger partial charge in [0.2, 0.25) is 0 Å². The van der Waals surface area contributed by atoms with Crippen LogP contribution >= 0.6 is 0 Å². The summed E-state index contributed by atoms with van der Waals surface area (Å²) in [6.45, 7) is 1.86. The van der Waals surface area contributed by atoms with Gasteiger partial charge in [0, 0.05) is 24.2 Å². The molecule has 0 radical (unpaired) electrons. The van der Waals surface area contributed by atoms with E-state index in [0.29, 0.717) is 23.6 Å². The van der Waals surface area contributed by atoms with Crippen LogP contribution in [0.4, 0.5) is 0 Å². The van der Waals surface area contributed by atoms with Gasteiger partial charge in [-0.1, -0.05) is 37.8 Å². The molecule has 2 aliphatic heterocycles. The summed E-state index contributed by atoms with van der Waals surface area (Å²) in [5.41, 5.74) is 0.551. The largest absolute Gasteiger partial charge is 0.461 e. The topological polar surface area (TPSA) is 88.3 Å². The lowest BCUT2D eigenvalue weighted by Crippen LogP contribution is -2.52. The third-order valence-corrected chi connectivity index (χ3v) is 9.41. The molecular formula is C29H38N4O3. The molecule has 36 heavy (non-hydrogen) atoms. The van der Waals surface area contributed by atoms with E-state index in [4.69, 9.17) is 10.1 Å². The van der Waals surface area contributed by atoms with Gasteiger partial charge in [0.15, 0.2) is 11.4 Å². The van der Waals surface area contributed by atoms with Crippen LogP contribution < -0.4 is 5.56 Å². The van der Waals surface area contributed by atoms with Crippen LogP contribution in [-0.2, 0) is 9.53 Å². The molecule has 0 amide bonds. The van der Waals surface area contributed by atoms with Gasteiger partial charge in [0.1, 0.15) is 0 Å². The SMILES string of the molecule is CCOC(=O)C(=N)c1nc2ccccc2n(C2C[C@H]3CC[C@@H](C2)N3C2CC3CCCCC(C3)C2)c1=O. The predicted octanol–water partition coefficient (Wildman–Crippen LogP) is 4.85. The van der Waals surface area contributed by atoms with Gasteiger partial charge in [-0.15, -0.1) is 0 Å².